The Balaban J connectivity index is 2.09. The number of methoxy groups -OCH3 is 2. The molecular formula is C16H16O4. The van der Waals surface area contributed by atoms with Crippen LogP contribution in [0.5, 0.6) is 23.0 Å². The fourth-order valence-electron chi connectivity index (χ4n) is 1.67. The number of benzene rings is 2. The third-order valence-corrected chi connectivity index (χ3v) is 2.73. The molecular weight excluding hydrogens is 256 g/mol. The highest BCUT2D eigenvalue weighted by Crippen LogP contribution is 2.25. The fourth-order valence-corrected chi connectivity index (χ4v) is 1.67. The van der Waals surface area contributed by atoms with E-state index in [1.165, 1.54) is 0 Å². The molecule has 0 bridgehead atoms. The molecule has 0 saturated heterocycles. The van der Waals surface area contributed by atoms with Crippen molar-refractivity contribution in [2.45, 2.75) is 0 Å². The molecule has 104 valence electrons. The zero-order chi connectivity index (χ0) is 14.4. The summed E-state index contributed by atoms with van der Waals surface area (Å²) in [6, 6.07) is 12.0. The van der Waals surface area contributed by atoms with E-state index in [0.717, 1.165) is 11.3 Å². The summed E-state index contributed by atoms with van der Waals surface area (Å²) in [7, 11) is 3.21. The molecule has 0 unspecified atom stereocenters. The van der Waals surface area contributed by atoms with Crippen LogP contribution in [0.2, 0.25) is 0 Å². The predicted molar refractivity (Wildman–Crippen MR) is 77.3 cm³/mol. The van der Waals surface area contributed by atoms with Crippen LogP contribution in [0, 0.1) is 0 Å². The number of rotatable bonds is 5. The second-order valence-electron chi connectivity index (χ2n) is 4.02. The van der Waals surface area contributed by atoms with Gasteiger partial charge in [-0.2, -0.15) is 0 Å². The quantitative estimate of drug-likeness (QED) is 0.847. The van der Waals surface area contributed by atoms with Crippen LogP contribution in [-0.4, -0.2) is 19.3 Å². The summed E-state index contributed by atoms with van der Waals surface area (Å²) < 4.78 is 15.9. The Morgan fingerprint density at radius 2 is 1.60 bits per heavy atom. The molecule has 0 spiro atoms. The molecule has 2 aromatic carbocycles. The molecule has 0 heterocycles. The molecule has 0 aromatic heterocycles. The Bertz CT molecular complexity index is 588. The highest BCUT2D eigenvalue weighted by molar-refractivity contribution is 5.58. The SMILES string of the molecule is COc1ccc(/C=C/Oc2ccc(O)cc2)c(OC)c1. The van der Waals surface area contributed by atoms with Crippen LogP contribution in [0.15, 0.2) is 48.7 Å². The Labute approximate surface area is 117 Å². The highest BCUT2D eigenvalue weighted by atomic mass is 16.5. The Hall–Kier alpha value is -2.62. The van der Waals surface area contributed by atoms with Crippen molar-refractivity contribution in [2.75, 3.05) is 14.2 Å². The maximum atomic E-state index is 9.18. The number of phenolic OH excluding ortho intramolecular Hbond substituents is 1. The Kier molecular flexibility index (Phi) is 4.50. The van der Waals surface area contributed by atoms with Gasteiger partial charge in [0, 0.05) is 11.6 Å². The van der Waals surface area contributed by atoms with Gasteiger partial charge in [-0.3, -0.25) is 0 Å². The maximum Gasteiger partial charge on any atom is 0.129 e. The normalized spacial score (nSPS) is 10.5. The lowest BCUT2D eigenvalue weighted by molar-refractivity contribution is 0.393. The van der Waals surface area contributed by atoms with E-state index in [2.05, 4.69) is 0 Å². The van der Waals surface area contributed by atoms with Gasteiger partial charge in [-0.15, -0.1) is 0 Å². The van der Waals surface area contributed by atoms with Crippen molar-refractivity contribution < 1.29 is 19.3 Å². The maximum absolute atomic E-state index is 9.18. The topological polar surface area (TPSA) is 47.9 Å². The summed E-state index contributed by atoms with van der Waals surface area (Å²) in [6.45, 7) is 0. The lowest BCUT2D eigenvalue weighted by Crippen LogP contribution is -1.90. The number of ether oxygens (including phenoxy) is 3. The minimum atomic E-state index is 0.207. The average Bonchev–Trinajstić information content (AvgIpc) is 2.49. The van der Waals surface area contributed by atoms with Gasteiger partial charge in [-0.05, 0) is 42.5 Å². The molecule has 20 heavy (non-hydrogen) atoms. The molecule has 0 amide bonds. The smallest absolute Gasteiger partial charge is 0.129 e. The third-order valence-electron chi connectivity index (χ3n) is 2.73. The van der Waals surface area contributed by atoms with E-state index in [4.69, 9.17) is 14.2 Å². The molecule has 4 nitrogen and oxygen atoms in total. The number of phenols is 1. The first-order chi connectivity index (χ1) is 9.72. The molecule has 0 aliphatic carbocycles. The van der Waals surface area contributed by atoms with E-state index in [1.54, 1.807) is 56.9 Å². The first-order valence-electron chi connectivity index (χ1n) is 6.07. The second-order valence-corrected chi connectivity index (χ2v) is 4.02. The average molecular weight is 272 g/mol. The van der Waals surface area contributed by atoms with E-state index >= 15 is 0 Å². The summed E-state index contributed by atoms with van der Waals surface area (Å²) in [5.74, 6) is 2.29. The van der Waals surface area contributed by atoms with E-state index < -0.39 is 0 Å². The van der Waals surface area contributed by atoms with Crippen molar-refractivity contribution in [1.82, 2.24) is 0 Å². The fraction of sp³-hybridized carbons (Fsp3) is 0.125. The highest BCUT2D eigenvalue weighted by Gasteiger charge is 2.01. The van der Waals surface area contributed by atoms with Crippen LogP contribution in [0.1, 0.15) is 5.56 Å². The van der Waals surface area contributed by atoms with Crippen LogP contribution in [0.25, 0.3) is 6.08 Å². The van der Waals surface area contributed by atoms with Crippen LogP contribution in [0.3, 0.4) is 0 Å². The number of aromatic hydroxyl groups is 1. The first-order valence-corrected chi connectivity index (χ1v) is 6.07. The van der Waals surface area contributed by atoms with Crippen molar-refractivity contribution in [1.29, 1.82) is 0 Å². The Morgan fingerprint density at radius 1 is 0.900 bits per heavy atom. The molecule has 4 heteroatoms. The van der Waals surface area contributed by atoms with Crippen molar-refractivity contribution in [3.8, 4) is 23.0 Å². The van der Waals surface area contributed by atoms with Gasteiger partial charge in [-0.25, -0.2) is 0 Å². The van der Waals surface area contributed by atoms with Crippen molar-refractivity contribution in [3.63, 3.8) is 0 Å². The molecule has 2 aromatic rings. The summed E-state index contributed by atoms with van der Waals surface area (Å²) in [4.78, 5) is 0. The van der Waals surface area contributed by atoms with E-state index in [0.29, 0.717) is 11.5 Å². The molecule has 1 N–H and O–H groups in total. The van der Waals surface area contributed by atoms with E-state index in [9.17, 15) is 5.11 Å². The van der Waals surface area contributed by atoms with Crippen LogP contribution in [0.4, 0.5) is 0 Å². The van der Waals surface area contributed by atoms with Crippen molar-refractivity contribution in [2.24, 2.45) is 0 Å². The summed E-state index contributed by atoms with van der Waals surface area (Å²) in [5.41, 5.74) is 0.882. The number of hydrogen-bond acceptors (Lipinski definition) is 4. The van der Waals surface area contributed by atoms with E-state index in [1.807, 2.05) is 12.1 Å². The van der Waals surface area contributed by atoms with Crippen molar-refractivity contribution >= 4 is 6.08 Å². The van der Waals surface area contributed by atoms with Gasteiger partial charge in [-0.1, -0.05) is 0 Å². The van der Waals surface area contributed by atoms with Gasteiger partial charge in [0.15, 0.2) is 0 Å². The van der Waals surface area contributed by atoms with Crippen LogP contribution in [-0.2, 0) is 0 Å². The first kappa shape index (κ1) is 13.8. The van der Waals surface area contributed by atoms with Gasteiger partial charge in [0.05, 0.1) is 20.5 Å². The lowest BCUT2D eigenvalue weighted by atomic mass is 10.2. The van der Waals surface area contributed by atoms with Gasteiger partial charge in [0.25, 0.3) is 0 Å². The lowest BCUT2D eigenvalue weighted by Gasteiger charge is -2.07. The zero-order valence-electron chi connectivity index (χ0n) is 11.4. The summed E-state index contributed by atoms with van der Waals surface area (Å²) in [6.07, 6.45) is 3.36. The summed E-state index contributed by atoms with van der Waals surface area (Å²) in [5, 5.41) is 9.18. The molecule has 0 radical (unpaired) electrons. The van der Waals surface area contributed by atoms with Gasteiger partial charge >= 0.3 is 0 Å². The standard InChI is InChI=1S/C16H16O4/c1-18-15-6-3-12(16(11-15)19-2)9-10-20-14-7-4-13(17)5-8-14/h3-11,17H,1-2H3/b10-9+. The van der Waals surface area contributed by atoms with Crippen molar-refractivity contribution in [3.05, 3.63) is 54.3 Å². The molecule has 0 aliphatic rings. The minimum Gasteiger partial charge on any atom is -0.508 e. The van der Waals surface area contributed by atoms with Gasteiger partial charge in [0.1, 0.15) is 23.0 Å². The van der Waals surface area contributed by atoms with Gasteiger partial charge in [0.2, 0.25) is 0 Å². The minimum absolute atomic E-state index is 0.207. The predicted octanol–water partition coefficient (Wildman–Crippen LogP) is 3.46. The van der Waals surface area contributed by atoms with E-state index in [-0.39, 0.29) is 5.75 Å². The molecule has 2 rings (SSSR count). The number of hydrogen-bond donors (Lipinski definition) is 1. The molecule has 0 aliphatic heterocycles. The second kappa shape index (κ2) is 6.52. The monoisotopic (exact) mass is 272 g/mol. The van der Waals surface area contributed by atoms with Crippen LogP contribution < -0.4 is 14.2 Å². The molecule has 0 atom stereocenters. The molecule has 0 fully saturated rings. The largest absolute Gasteiger partial charge is 0.508 e. The molecule has 0 saturated carbocycles. The zero-order valence-corrected chi connectivity index (χ0v) is 11.4. The van der Waals surface area contributed by atoms with Crippen LogP contribution >= 0.6 is 0 Å². The Morgan fingerprint density at radius 3 is 2.25 bits per heavy atom. The third kappa shape index (κ3) is 3.45. The summed E-state index contributed by atoms with van der Waals surface area (Å²) >= 11 is 0. The van der Waals surface area contributed by atoms with Gasteiger partial charge < -0.3 is 19.3 Å².